The summed E-state index contributed by atoms with van der Waals surface area (Å²) in [5.41, 5.74) is 4.33. The highest BCUT2D eigenvalue weighted by molar-refractivity contribution is 7.21. The van der Waals surface area contributed by atoms with Crippen LogP contribution in [-0.4, -0.2) is 30.0 Å². The van der Waals surface area contributed by atoms with Crippen LogP contribution in [-0.2, 0) is 0 Å². The molecule has 3 rings (SSSR count). The summed E-state index contributed by atoms with van der Waals surface area (Å²) in [7, 11) is 4.00. The van der Waals surface area contributed by atoms with E-state index in [-0.39, 0.29) is 16.7 Å². The number of halogens is 2. The molecule has 1 saturated heterocycles. The monoisotopic (exact) mass is 501 g/mol. The van der Waals surface area contributed by atoms with E-state index in [0.29, 0.717) is 12.0 Å². The summed E-state index contributed by atoms with van der Waals surface area (Å²) >= 11 is 0. The van der Waals surface area contributed by atoms with Crippen LogP contribution in [0.1, 0.15) is 91.5 Å². The molecular formula is C29H42F2N3P. The highest BCUT2D eigenvalue weighted by atomic mass is 31.0. The Morgan fingerprint density at radius 2 is 1.77 bits per heavy atom. The zero-order valence-corrected chi connectivity index (χ0v) is 23.2. The average Bonchev–Trinajstić information content (AvgIpc) is 3.29. The Morgan fingerprint density at radius 1 is 1.14 bits per heavy atom. The second-order valence-electron chi connectivity index (χ2n) is 11.0. The Kier molecular flexibility index (Phi) is 9.57. The second kappa shape index (κ2) is 12.0. The number of hydrogen-bond acceptors (Lipinski definition) is 2. The summed E-state index contributed by atoms with van der Waals surface area (Å²) in [4.78, 5) is 2.51. The van der Waals surface area contributed by atoms with Crippen LogP contribution in [0.25, 0.3) is 5.70 Å². The van der Waals surface area contributed by atoms with Crippen molar-refractivity contribution in [1.82, 2.24) is 4.90 Å². The third-order valence-corrected chi connectivity index (χ3v) is 8.84. The summed E-state index contributed by atoms with van der Waals surface area (Å²) < 4.78 is 29.1. The van der Waals surface area contributed by atoms with E-state index in [1.807, 2.05) is 13.0 Å². The maximum absolute atomic E-state index is 14.6. The van der Waals surface area contributed by atoms with Crippen molar-refractivity contribution in [2.75, 3.05) is 19.6 Å². The van der Waals surface area contributed by atoms with E-state index < -0.39 is 11.6 Å². The first kappa shape index (κ1) is 27.9. The third kappa shape index (κ3) is 6.74. The van der Waals surface area contributed by atoms with Gasteiger partial charge >= 0.3 is 0 Å². The second-order valence-corrected chi connectivity index (χ2v) is 11.5. The van der Waals surface area contributed by atoms with E-state index in [0.717, 1.165) is 31.3 Å². The minimum absolute atomic E-state index is 0.0362. The molecule has 0 unspecified atom stereocenters. The van der Waals surface area contributed by atoms with Gasteiger partial charge in [0.2, 0.25) is 0 Å². The molecule has 1 aliphatic carbocycles. The van der Waals surface area contributed by atoms with Crippen LogP contribution in [0.2, 0.25) is 0 Å². The van der Waals surface area contributed by atoms with Gasteiger partial charge in [0.05, 0.1) is 17.8 Å². The number of nitrogens with zero attached hydrogens (tertiary/aromatic N) is 3. The minimum atomic E-state index is -0.617. The lowest BCUT2D eigenvalue weighted by Crippen LogP contribution is -2.59. The lowest BCUT2D eigenvalue weighted by Gasteiger charge is -2.51. The van der Waals surface area contributed by atoms with Crippen molar-refractivity contribution >= 4 is 20.0 Å². The van der Waals surface area contributed by atoms with Gasteiger partial charge in [-0.05, 0) is 81.6 Å². The summed E-state index contributed by atoms with van der Waals surface area (Å²) in [5.74, 6) is -1.23. The molecule has 35 heavy (non-hydrogen) atoms. The van der Waals surface area contributed by atoms with Gasteiger partial charge in [-0.25, -0.2) is 8.78 Å². The first-order valence-corrected chi connectivity index (χ1v) is 13.7. The van der Waals surface area contributed by atoms with Crippen LogP contribution < -0.4 is 0 Å². The molecule has 1 saturated carbocycles. The summed E-state index contributed by atoms with van der Waals surface area (Å²) in [5, 5.41) is 8.27. The molecule has 3 nitrogen and oxygen atoms in total. The quantitative estimate of drug-likeness (QED) is 0.169. The molecule has 1 aliphatic heterocycles. The predicted octanol–water partition coefficient (Wildman–Crippen LogP) is 8.85. The number of hydrogen-bond donors (Lipinski definition) is 0. The Labute approximate surface area is 213 Å². The Hall–Kier alpha value is -1.71. The summed E-state index contributed by atoms with van der Waals surface area (Å²) in [6.45, 7) is 13.5. The number of azo groups is 1. The molecular weight excluding hydrogens is 459 g/mol. The van der Waals surface area contributed by atoms with Crippen molar-refractivity contribution < 1.29 is 8.78 Å². The van der Waals surface area contributed by atoms with Crippen LogP contribution in [0.3, 0.4) is 0 Å². The van der Waals surface area contributed by atoms with Gasteiger partial charge in [-0.1, -0.05) is 45.3 Å². The maximum atomic E-state index is 14.6. The molecule has 0 radical (unpaired) electrons. The molecule has 6 heteroatoms. The van der Waals surface area contributed by atoms with Crippen molar-refractivity contribution in [1.29, 1.82) is 0 Å². The molecule has 192 valence electrons. The van der Waals surface area contributed by atoms with Crippen molar-refractivity contribution in [2.45, 2.75) is 86.0 Å². The van der Waals surface area contributed by atoms with E-state index >= 15 is 0 Å². The first-order valence-electron chi connectivity index (χ1n) is 13.2. The van der Waals surface area contributed by atoms with Crippen molar-refractivity contribution in [3.63, 3.8) is 0 Å². The summed E-state index contributed by atoms with van der Waals surface area (Å²) in [6, 6.07) is 3.91. The molecule has 1 heterocycles. The molecule has 0 amide bonds. The van der Waals surface area contributed by atoms with Crippen LogP contribution in [0, 0.1) is 22.5 Å². The fraction of sp³-hybridized carbons (Fsp3) is 0.621. The molecule has 0 bridgehead atoms. The first-order chi connectivity index (χ1) is 16.6. The largest absolute Gasteiger partial charge is 0.273 e. The highest BCUT2D eigenvalue weighted by Gasteiger charge is 2.47. The van der Waals surface area contributed by atoms with Gasteiger partial charge in [-0.15, -0.1) is 8.86 Å². The molecule has 1 aromatic rings. The zero-order chi connectivity index (χ0) is 25.6. The Balaban J connectivity index is 1.72. The van der Waals surface area contributed by atoms with Crippen LogP contribution >= 0.6 is 8.86 Å². The number of rotatable bonds is 11. The standard InChI is InChI=1S/C29H42F2N3P/c1-6-21(3)22(18-25(33-32-7-2)26-23(30)13-10-14-24(26)31)12-11-15-28(4,5)27(35)34-19-29(20-34)16-8-9-17-29/h10,13-14,18,35H,6-9,11-12,15-17,19-20H2,1-5H3/b22-21+,25-18-,33-32-. The number of allylic oxidation sites excluding steroid dienone is 3. The van der Waals surface area contributed by atoms with Gasteiger partial charge in [0.1, 0.15) is 11.6 Å². The molecule has 0 N–H and O–H groups in total. The fourth-order valence-electron chi connectivity index (χ4n) is 5.47. The van der Waals surface area contributed by atoms with E-state index in [9.17, 15) is 8.78 Å². The van der Waals surface area contributed by atoms with Crippen LogP contribution in [0.15, 0.2) is 45.6 Å². The lowest BCUT2D eigenvalue weighted by atomic mass is 9.76. The van der Waals surface area contributed by atoms with Gasteiger partial charge in [0.25, 0.3) is 0 Å². The van der Waals surface area contributed by atoms with E-state index in [2.05, 4.69) is 51.7 Å². The average molecular weight is 502 g/mol. The highest BCUT2D eigenvalue weighted by Crippen LogP contribution is 2.47. The molecule has 1 spiro atoms. The normalized spacial score (nSPS) is 19.3. The molecule has 0 atom stereocenters. The smallest absolute Gasteiger partial charge is 0.135 e. The van der Waals surface area contributed by atoms with Gasteiger partial charge in [0.15, 0.2) is 0 Å². The number of likely N-dealkylation sites (tertiary alicyclic amines) is 1. The van der Waals surface area contributed by atoms with E-state index in [1.54, 1.807) is 0 Å². The maximum Gasteiger partial charge on any atom is 0.135 e. The van der Waals surface area contributed by atoms with Crippen LogP contribution in [0.5, 0.6) is 0 Å². The fourth-order valence-corrected chi connectivity index (χ4v) is 5.75. The topological polar surface area (TPSA) is 28.0 Å². The molecule has 2 fully saturated rings. The Bertz CT molecular complexity index is 975. The van der Waals surface area contributed by atoms with Crippen molar-refractivity contribution in [3.8, 4) is 0 Å². The third-order valence-electron chi connectivity index (χ3n) is 7.85. The van der Waals surface area contributed by atoms with Crippen molar-refractivity contribution in [3.05, 3.63) is 52.6 Å². The van der Waals surface area contributed by atoms with Gasteiger partial charge in [0, 0.05) is 23.9 Å². The van der Waals surface area contributed by atoms with Crippen LogP contribution in [0.4, 0.5) is 8.78 Å². The number of benzene rings is 1. The Morgan fingerprint density at radius 3 is 2.34 bits per heavy atom. The van der Waals surface area contributed by atoms with Gasteiger partial charge in [-0.3, -0.25) is 4.90 Å². The predicted molar refractivity (Wildman–Crippen MR) is 146 cm³/mol. The van der Waals surface area contributed by atoms with E-state index in [1.165, 1.54) is 68.0 Å². The molecule has 2 aliphatic rings. The zero-order valence-electron chi connectivity index (χ0n) is 22.2. The molecule has 0 aromatic heterocycles. The van der Waals surface area contributed by atoms with Gasteiger partial charge in [-0.2, -0.15) is 10.2 Å². The minimum Gasteiger partial charge on any atom is -0.273 e. The van der Waals surface area contributed by atoms with E-state index in [4.69, 9.17) is 0 Å². The van der Waals surface area contributed by atoms with Gasteiger partial charge < -0.3 is 0 Å². The molecule has 1 aromatic carbocycles. The lowest BCUT2D eigenvalue weighted by molar-refractivity contribution is 0.0599. The SMILES string of the molecule is CC\N=N/C(=C\C(CCCC(C)(C)C(=P)N1CC2(CCCC2)C1)=C(/C)CC)c1c(F)cccc1F. The van der Waals surface area contributed by atoms with Crippen molar-refractivity contribution in [2.24, 2.45) is 21.1 Å². The summed E-state index contributed by atoms with van der Waals surface area (Å²) in [6.07, 6.45) is 11.0.